The molecule has 1 N–H and O–H groups in total. The highest BCUT2D eigenvalue weighted by molar-refractivity contribution is 9.10. The lowest BCUT2D eigenvalue weighted by Crippen LogP contribution is -2.08. The van der Waals surface area contributed by atoms with Crippen molar-refractivity contribution in [3.05, 3.63) is 56.6 Å². The van der Waals surface area contributed by atoms with E-state index in [1.165, 1.54) is 24.5 Å². The lowest BCUT2D eigenvalue weighted by Gasteiger charge is -2.09. The summed E-state index contributed by atoms with van der Waals surface area (Å²) in [5.74, 6) is -0.952. The molecule has 0 aliphatic rings. The van der Waals surface area contributed by atoms with Crippen LogP contribution in [0.15, 0.2) is 35.2 Å². The Morgan fingerprint density at radius 1 is 1.48 bits per heavy atom. The number of nitrogens with zero attached hydrogens (tertiary/aromatic N) is 3. The number of nitro benzene ring substituents is 1. The van der Waals surface area contributed by atoms with Crippen molar-refractivity contribution in [3.8, 4) is 5.75 Å². The lowest BCUT2D eigenvalue weighted by molar-refractivity contribution is -0.385. The molecule has 0 saturated carbocycles. The first-order valence-electron chi connectivity index (χ1n) is 5.58. The second kappa shape index (κ2) is 6.27. The molecule has 0 radical (unpaired) electrons. The van der Waals surface area contributed by atoms with Crippen LogP contribution in [-0.2, 0) is 6.61 Å². The molecule has 1 heterocycles. The maximum absolute atomic E-state index is 11.0. The minimum atomic E-state index is -1.17. The number of ether oxygens (including phenoxy) is 1. The van der Waals surface area contributed by atoms with Crippen molar-refractivity contribution in [2.75, 3.05) is 0 Å². The van der Waals surface area contributed by atoms with E-state index in [0.717, 1.165) is 6.20 Å². The van der Waals surface area contributed by atoms with Crippen LogP contribution in [-0.4, -0.2) is 26.0 Å². The quantitative estimate of drug-likeness (QED) is 0.647. The van der Waals surface area contributed by atoms with E-state index in [4.69, 9.17) is 9.84 Å². The summed E-state index contributed by atoms with van der Waals surface area (Å²) in [5, 5.41) is 19.8. The molecule has 2 rings (SSSR count). The summed E-state index contributed by atoms with van der Waals surface area (Å²) in [4.78, 5) is 28.7. The van der Waals surface area contributed by atoms with Crippen LogP contribution in [0.3, 0.4) is 0 Å². The zero-order valence-electron chi connectivity index (χ0n) is 10.4. The van der Waals surface area contributed by atoms with E-state index in [0.29, 0.717) is 0 Å². The zero-order chi connectivity index (χ0) is 15.4. The number of carbonyl (C=O) groups is 1. The Morgan fingerprint density at radius 2 is 2.24 bits per heavy atom. The van der Waals surface area contributed by atoms with Gasteiger partial charge in [-0.25, -0.2) is 14.8 Å². The van der Waals surface area contributed by atoms with Crippen LogP contribution in [0.2, 0.25) is 0 Å². The van der Waals surface area contributed by atoms with Gasteiger partial charge in [0.2, 0.25) is 0 Å². The molecule has 0 saturated heterocycles. The summed E-state index contributed by atoms with van der Waals surface area (Å²) in [6, 6.07) is 4.32. The predicted molar refractivity (Wildman–Crippen MR) is 74.1 cm³/mol. The smallest absolute Gasteiger partial charge is 0.339 e. The number of carboxylic acids is 1. The second-order valence-electron chi connectivity index (χ2n) is 3.82. The molecule has 108 valence electrons. The van der Waals surface area contributed by atoms with Gasteiger partial charge in [0.1, 0.15) is 28.7 Å². The number of halogens is 1. The third-order valence-corrected chi connectivity index (χ3v) is 3.33. The fraction of sp³-hybridized carbons (Fsp3) is 0.0833. The molecule has 0 aliphatic heterocycles. The maximum Gasteiger partial charge on any atom is 0.339 e. The first-order valence-corrected chi connectivity index (χ1v) is 6.38. The monoisotopic (exact) mass is 353 g/mol. The van der Waals surface area contributed by atoms with Crippen LogP contribution in [0, 0.1) is 10.1 Å². The molecule has 1 aromatic carbocycles. The highest BCUT2D eigenvalue weighted by Gasteiger charge is 2.17. The Balaban J connectivity index is 2.23. The van der Waals surface area contributed by atoms with Crippen LogP contribution >= 0.6 is 15.9 Å². The van der Waals surface area contributed by atoms with Gasteiger partial charge in [-0.1, -0.05) is 6.07 Å². The van der Waals surface area contributed by atoms with Crippen molar-refractivity contribution in [2.45, 2.75) is 6.61 Å². The highest BCUT2D eigenvalue weighted by Crippen LogP contribution is 2.34. The van der Waals surface area contributed by atoms with Gasteiger partial charge in [0.25, 0.3) is 5.69 Å². The Morgan fingerprint density at radius 3 is 2.90 bits per heavy atom. The Bertz CT molecular complexity index is 707. The summed E-state index contributed by atoms with van der Waals surface area (Å²) in [6.45, 7) is -0.149. The van der Waals surface area contributed by atoms with Crippen LogP contribution in [0.4, 0.5) is 5.69 Å². The average Bonchev–Trinajstić information content (AvgIpc) is 2.46. The van der Waals surface area contributed by atoms with Crippen molar-refractivity contribution in [1.29, 1.82) is 0 Å². The third kappa shape index (κ3) is 3.31. The fourth-order valence-corrected chi connectivity index (χ4v) is 2.07. The number of nitro groups is 1. The number of benzene rings is 1. The average molecular weight is 354 g/mol. The Labute approximate surface area is 126 Å². The van der Waals surface area contributed by atoms with Crippen LogP contribution in [0.25, 0.3) is 0 Å². The Hall–Kier alpha value is -2.55. The number of hydrogen-bond donors (Lipinski definition) is 1. The third-order valence-electron chi connectivity index (χ3n) is 2.53. The molecule has 0 fully saturated rings. The zero-order valence-corrected chi connectivity index (χ0v) is 12.0. The molecule has 9 heteroatoms. The molecule has 8 nitrogen and oxygen atoms in total. The number of aromatic carboxylic acids is 1. The number of aromatic nitrogens is 2. The first-order chi connectivity index (χ1) is 10.0. The van der Waals surface area contributed by atoms with Crippen LogP contribution in [0.1, 0.15) is 16.1 Å². The number of hydrogen-bond acceptors (Lipinski definition) is 6. The van der Waals surface area contributed by atoms with Gasteiger partial charge >= 0.3 is 5.97 Å². The molecule has 21 heavy (non-hydrogen) atoms. The van der Waals surface area contributed by atoms with Gasteiger partial charge in [-0.2, -0.15) is 0 Å². The van der Waals surface area contributed by atoms with Crippen molar-refractivity contribution >= 4 is 27.6 Å². The normalized spacial score (nSPS) is 10.1. The van der Waals surface area contributed by atoms with Gasteiger partial charge in [0.15, 0.2) is 0 Å². The molecule has 1 aromatic heterocycles. The molecular formula is C12H8BrN3O5. The molecule has 0 spiro atoms. The number of carboxylic acid groups (broad SMARTS) is 1. The molecule has 0 aliphatic carbocycles. The van der Waals surface area contributed by atoms with E-state index < -0.39 is 10.9 Å². The minimum absolute atomic E-state index is 0.0842. The summed E-state index contributed by atoms with van der Waals surface area (Å²) < 4.78 is 5.58. The first kappa shape index (κ1) is 14.9. The molecular weight excluding hydrogens is 346 g/mol. The van der Waals surface area contributed by atoms with Gasteiger partial charge in [-0.3, -0.25) is 10.1 Å². The minimum Gasteiger partial charge on any atom is -0.486 e. The van der Waals surface area contributed by atoms with Crippen molar-refractivity contribution in [3.63, 3.8) is 0 Å². The van der Waals surface area contributed by atoms with E-state index in [-0.39, 0.29) is 33.8 Å². The summed E-state index contributed by atoms with van der Waals surface area (Å²) in [6.07, 6.45) is 2.37. The molecule has 0 bridgehead atoms. The topological polar surface area (TPSA) is 115 Å². The summed E-state index contributed by atoms with van der Waals surface area (Å²) in [5.41, 5.74) is -0.0522. The molecule has 0 unspecified atom stereocenters. The molecule has 0 atom stereocenters. The van der Waals surface area contributed by atoms with Crippen LogP contribution in [0.5, 0.6) is 5.75 Å². The highest BCUT2D eigenvalue weighted by atomic mass is 79.9. The maximum atomic E-state index is 11.0. The second-order valence-corrected chi connectivity index (χ2v) is 4.62. The van der Waals surface area contributed by atoms with Gasteiger partial charge in [0, 0.05) is 12.3 Å². The van der Waals surface area contributed by atoms with E-state index >= 15 is 0 Å². The van der Waals surface area contributed by atoms with Crippen molar-refractivity contribution < 1.29 is 19.6 Å². The van der Waals surface area contributed by atoms with E-state index in [2.05, 4.69) is 25.9 Å². The lowest BCUT2D eigenvalue weighted by atomic mass is 10.2. The van der Waals surface area contributed by atoms with Gasteiger partial charge < -0.3 is 9.84 Å². The molecule has 2 aromatic rings. The fourth-order valence-electron chi connectivity index (χ4n) is 1.55. The SMILES string of the molecule is O=C(O)c1cncnc1COc1cccc([N+](=O)[O-])c1Br. The van der Waals surface area contributed by atoms with Gasteiger partial charge in [0.05, 0.1) is 10.6 Å². The standard InChI is InChI=1S/C12H8BrN3O5/c13-11-9(16(19)20)2-1-3-10(11)21-5-8-7(12(17)18)4-14-6-15-8/h1-4,6H,5H2,(H,17,18). The van der Waals surface area contributed by atoms with E-state index in [1.54, 1.807) is 0 Å². The largest absolute Gasteiger partial charge is 0.486 e. The van der Waals surface area contributed by atoms with Crippen molar-refractivity contribution in [2.24, 2.45) is 0 Å². The summed E-state index contributed by atoms with van der Waals surface area (Å²) >= 11 is 3.09. The van der Waals surface area contributed by atoms with Crippen LogP contribution < -0.4 is 4.74 Å². The van der Waals surface area contributed by atoms with Gasteiger partial charge in [-0.05, 0) is 22.0 Å². The summed E-state index contributed by atoms with van der Waals surface area (Å²) in [7, 11) is 0. The predicted octanol–water partition coefficient (Wildman–Crippen LogP) is 2.42. The van der Waals surface area contributed by atoms with E-state index in [1.807, 2.05) is 0 Å². The van der Waals surface area contributed by atoms with Crippen molar-refractivity contribution in [1.82, 2.24) is 9.97 Å². The van der Waals surface area contributed by atoms with Gasteiger partial charge in [-0.15, -0.1) is 0 Å². The number of rotatable bonds is 5. The molecule has 0 amide bonds. The van der Waals surface area contributed by atoms with E-state index in [9.17, 15) is 14.9 Å². The Kier molecular flexibility index (Phi) is 4.43.